The van der Waals surface area contributed by atoms with Gasteiger partial charge < -0.3 is 11.1 Å². The molecule has 0 radical (unpaired) electrons. The zero-order valence-corrected chi connectivity index (χ0v) is 12.7. The van der Waals surface area contributed by atoms with E-state index in [0.717, 1.165) is 13.0 Å². The average molecular weight is 301 g/mol. The van der Waals surface area contributed by atoms with Crippen molar-refractivity contribution in [3.63, 3.8) is 0 Å². The quantitative estimate of drug-likeness (QED) is 0.834. The molecule has 0 amide bonds. The lowest BCUT2D eigenvalue weighted by molar-refractivity contribution is 0.490. The Labute approximate surface area is 125 Å². The summed E-state index contributed by atoms with van der Waals surface area (Å²) in [4.78, 5) is 0. The van der Waals surface area contributed by atoms with Crippen LogP contribution in [0.2, 0.25) is 10.0 Å². The van der Waals surface area contributed by atoms with E-state index in [2.05, 4.69) is 5.32 Å². The van der Waals surface area contributed by atoms with Crippen LogP contribution in [0.4, 0.5) is 0 Å². The third-order valence-corrected chi connectivity index (χ3v) is 4.72. The molecule has 2 rings (SSSR count). The summed E-state index contributed by atoms with van der Waals surface area (Å²) in [5.74, 6) is 0.351. The highest BCUT2D eigenvalue weighted by atomic mass is 35.5. The van der Waals surface area contributed by atoms with E-state index in [0.29, 0.717) is 28.5 Å². The van der Waals surface area contributed by atoms with Crippen molar-refractivity contribution in [2.24, 2.45) is 5.73 Å². The molecule has 106 valence electrons. The molecule has 0 spiro atoms. The fourth-order valence-corrected chi connectivity index (χ4v) is 3.09. The fourth-order valence-electron chi connectivity index (χ4n) is 2.78. The predicted octanol–water partition coefficient (Wildman–Crippen LogP) is 3.96. The summed E-state index contributed by atoms with van der Waals surface area (Å²) in [6.07, 6.45) is 6.42. The molecular formula is C15H22Cl2N2. The van der Waals surface area contributed by atoms with Crippen molar-refractivity contribution in [1.29, 1.82) is 0 Å². The van der Waals surface area contributed by atoms with Crippen molar-refractivity contribution in [2.45, 2.75) is 44.1 Å². The number of rotatable bonds is 6. The predicted molar refractivity (Wildman–Crippen MR) is 83.1 cm³/mol. The minimum absolute atomic E-state index is 0.351. The van der Waals surface area contributed by atoms with Crippen LogP contribution >= 0.6 is 23.2 Å². The molecule has 0 saturated heterocycles. The molecule has 3 N–H and O–H groups in total. The van der Waals surface area contributed by atoms with E-state index >= 15 is 0 Å². The molecule has 1 aromatic rings. The van der Waals surface area contributed by atoms with Crippen LogP contribution in [0, 0.1) is 0 Å². The van der Waals surface area contributed by atoms with Gasteiger partial charge in [-0.2, -0.15) is 0 Å². The molecule has 1 aliphatic rings. The highest BCUT2D eigenvalue weighted by Gasteiger charge is 2.15. The first-order chi connectivity index (χ1) is 9.20. The van der Waals surface area contributed by atoms with Crippen molar-refractivity contribution >= 4 is 23.2 Å². The van der Waals surface area contributed by atoms with Gasteiger partial charge in [0.15, 0.2) is 0 Å². The monoisotopic (exact) mass is 300 g/mol. The minimum atomic E-state index is 0.351. The van der Waals surface area contributed by atoms with Gasteiger partial charge in [-0.15, -0.1) is 0 Å². The van der Waals surface area contributed by atoms with Crippen LogP contribution in [-0.2, 0) is 0 Å². The van der Waals surface area contributed by atoms with Crippen LogP contribution in [-0.4, -0.2) is 19.1 Å². The van der Waals surface area contributed by atoms with E-state index in [9.17, 15) is 0 Å². The van der Waals surface area contributed by atoms with E-state index in [1.54, 1.807) is 0 Å². The van der Waals surface area contributed by atoms with Crippen molar-refractivity contribution < 1.29 is 0 Å². The van der Waals surface area contributed by atoms with Crippen LogP contribution in [0.15, 0.2) is 18.2 Å². The second-order valence-electron chi connectivity index (χ2n) is 5.33. The number of halogens is 2. The van der Waals surface area contributed by atoms with Gasteiger partial charge in [0.25, 0.3) is 0 Å². The Hall–Kier alpha value is -0.280. The number of hydrogen-bond acceptors (Lipinski definition) is 2. The summed E-state index contributed by atoms with van der Waals surface area (Å²) in [6, 6.07) is 6.54. The van der Waals surface area contributed by atoms with Crippen LogP contribution in [0.1, 0.15) is 43.6 Å². The van der Waals surface area contributed by atoms with E-state index in [4.69, 9.17) is 28.9 Å². The second-order valence-corrected chi connectivity index (χ2v) is 6.14. The summed E-state index contributed by atoms with van der Waals surface area (Å²) < 4.78 is 0. The molecule has 0 heterocycles. The summed E-state index contributed by atoms with van der Waals surface area (Å²) in [5, 5.41) is 4.84. The van der Waals surface area contributed by atoms with Crippen LogP contribution in [0.3, 0.4) is 0 Å². The van der Waals surface area contributed by atoms with Crippen molar-refractivity contribution in [3.8, 4) is 0 Å². The summed E-state index contributed by atoms with van der Waals surface area (Å²) in [7, 11) is 0. The summed E-state index contributed by atoms with van der Waals surface area (Å²) >= 11 is 12.0. The van der Waals surface area contributed by atoms with E-state index < -0.39 is 0 Å². The Morgan fingerprint density at radius 1 is 1.21 bits per heavy atom. The van der Waals surface area contributed by atoms with E-state index in [1.165, 1.54) is 31.2 Å². The molecule has 0 aliphatic heterocycles. The van der Waals surface area contributed by atoms with Gasteiger partial charge >= 0.3 is 0 Å². The van der Waals surface area contributed by atoms with Gasteiger partial charge in [-0.1, -0.05) is 42.1 Å². The zero-order valence-electron chi connectivity index (χ0n) is 11.2. The molecule has 1 fully saturated rings. The third-order valence-electron chi connectivity index (χ3n) is 3.98. The molecule has 19 heavy (non-hydrogen) atoms. The minimum Gasteiger partial charge on any atom is -0.330 e. The largest absolute Gasteiger partial charge is 0.330 e. The fraction of sp³-hybridized carbons (Fsp3) is 0.600. The molecule has 4 heteroatoms. The van der Waals surface area contributed by atoms with Gasteiger partial charge in [-0.3, -0.25) is 0 Å². The number of benzene rings is 1. The highest BCUT2D eigenvalue weighted by Crippen LogP contribution is 2.27. The first-order valence-electron chi connectivity index (χ1n) is 7.09. The summed E-state index contributed by atoms with van der Waals surface area (Å²) in [6.45, 7) is 1.66. The Bertz CT molecular complexity index is 403. The second kappa shape index (κ2) is 7.49. The van der Waals surface area contributed by atoms with Gasteiger partial charge in [0, 0.05) is 6.04 Å². The maximum atomic E-state index is 6.06. The normalized spacial score (nSPS) is 17.8. The molecule has 0 bridgehead atoms. The molecule has 1 aromatic carbocycles. The van der Waals surface area contributed by atoms with E-state index in [-0.39, 0.29) is 0 Å². The van der Waals surface area contributed by atoms with E-state index in [1.807, 2.05) is 18.2 Å². The van der Waals surface area contributed by atoms with Crippen molar-refractivity contribution in [1.82, 2.24) is 5.32 Å². The van der Waals surface area contributed by atoms with Crippen LogP contribution in [0.5, 0.6) is 0 Å². The lowest BCUT2D eigenvalue weighted by atomic mass is 9.96. The van der Waals surface area contributed by atoms with Gasteiger partial charge in [0.1, 0.15) is 0 Å². The molecule has 0 aromatic heterocycles. The Kier molecular flexibility index (Phi) is 5.96. The molecule has 1 saturated carbocycles. The first kappa shape index (κ1) is 15.1. The number of nitrogens with two attached hydrogens (primary N) is 1. The maximum absolute atomic E-state index is 6.06. The Balaban J connectivity index is 1.86. The molecule has 1 aliphatic carbocycles. The SMILES string of the molecule is NCC(CCNC1CCCC1)c1ccc(Cl)c(Cl)c1. The van der Waals surface area contributed by atoms with Crippen LogP contribution < -0.4 is 11.1 Å². The topological polar surface area (TPSA) is 38.0 Å². The highest BCUT2D eigenvalue weighted by molar-refractivity contribution is 6.42. The van der Waals surface area contributed by atoms with Crippen LogP contribution in [0.25, 0.3) is 0 Å². The Morgan fingerprint density at radius 3 is 2.58 bits per heavy atom. The summed E-state index contributed by atoms with van der Waals surface area (Å²) in [5.41, 5.74) is 7.07. The average Bonchev–Trinajstić information content (AvgIpc) is 2.91. The van der Waals surface area contributed by atoms with Gasteiger partial charge in [0.05, 0.1) is 10.0 Å². The molecular weight excluding hydrogens is 279 g/mol. The lowest BCUT2D eigenvalue weighted by Crippen LogP contribution is -2.29. The standard InChI is InChI=1S/C15H22Cl2N2/c16-14-6-5-11(9-15(14)17)12(10-18)7-8-19-13-3-1-2-4-13/h5-6,9,12-13,19H,1-4,7-8,10,18H2. The molecule has 1 atom stereocenters. The molecule has 1 unspecified atom stereocenters. The molecule has 2 nitrogen and oxygen atoms in total. The van der Waals surface area contributed by atoms with Gasteiger partial charge in [0.2, 0.25) is 0 Å². The zero-order chi connectivity index (χ0) is 13.7. The maximum Gasteiger partial charge on any atom is 0.0595 e. The van der Waals surface area contributed by atoms with Crippen molar-refractivity contribution in [2.75, 3.05) is 13.1 Å². The van der Waals surface area contributed by atoms with Gasteiger partial charge in [-0.05, 0) is 56.0 Å². The van der Waals surface area contributed by atoms with Crippen molar-refractivity contribution in [3.05, 3.63) is 33.8 Å². The number of hydrogen-bond donors (Lipinski definition) is 2. The Morgan fingerprint density at radius 2 is 1.95 bits per heavy atom. The smallest absolute Gasteiger partial charge is 0.0595 e. The number of nitrogens with one attached hydrogen (secondary N) is 1. The van der Waals surface area contributed by atoms with Gasteiger partial charge in [-0.25, -0.2) is 0 Å². The third kappa shape index (κ3) is 4.35. The lowest BCUT2D eigenvalue weighted by Gasteiger charge is -2.18. The first-order valence-corrected chi connectivity index (χ1v) is 7.84.